The summed E-state index contributed by atoms with van der Waals surface area (Å²) >= 11 is 0. The van der Waals surface area contributed by atoms with Crippen LogP contribution in [-0.4, -0.2) is 30.2 Å². The van der Waals surface area contributed by atoms with E-state index in [0.717, 1.165) is 6.42 Å². The summed E-state index contributed by atoms with van der Waals surface area (Å²) < 4.78 is 11.1. The Morgan fingerprint density at radius 2 is 1.83 bits per heavy atom. The van der Waals surface area contributed by atoms with E-state index in [2.05, 4.69) is 5.32 Å². The van der Waals surface area contributed by atoms with Crippen LogP contribution in [0.3, 0.4) is 0 Å². The summed E-state index contributed by atoms with van der Waals surface area (Å²) in [5, 5.41) is 12.3. The minimum Gasteiger partial charge on any atom is -0.486 e. The molecule has 6 heteroatoms. The molecule has 0 unspecified atom stereocenters. The maximum atomic E-state index is 12.7. The SMILES string of the molecule is O=C(Nc1cccc2c1OCCO2)[C@@H]1[C@H](C(=O)O)[C@H]2C=C[C@H]1C2. The molecule has 3 aliphatic rings. The third kappa shape index (κ3) is 2.25. The highest BCUT2D eigenvalue weighted by molar-refractivity contribution is 5.97. The number of rotatable bonds is 3. The number of allylic oxidation sites excluding steroid dienone is 2. The molecule has 0 saturated heterocycles. The number of anilines is 1. The number of hydrogen-bond donors (Lipinski definition) is 2. The number of amides is 1. The van der Waals surface area contributed by atoms with Crippen LogP contribution in [0.4, 0.5) is 5.69 Å². The van der Waals surface area contributed by atoms with Gasteiger partial charge in [0, 0.05) is 0 Å². The summed E-state index contributed by atoms with van der Waals surface area (Å²) in [6, 6.07) is 5.30. The van der Waals surface area contributed by atoms with Crippen molar-refractivity contribution in [3.63, 3.8) is 0 Å². The third-order valence-corrected chi connectivity index (χ3v) is 4.87. The van der Waals surface area contributed by atoms with Gasteiger partial charge in [0.1, 0.15) is 13.2 Å². The summed E-state index contributed by atoms with van der Waals surface area (Å²) in [5.74, 6) is -1.30. The number of fused-ring (bicyclic) bond motifs is 3. The van der Waals surface area contributed by atoms with E-state index in [4.69, 9.17) is 9.47 Å². The van der Waals surface area contributed by atoms with Crippen molar-refractivity contribution < 1.29 is 24.2 Å². The molecule has 23 heavy (non-hydrogen) atoms. The van der Waals surface area contributed by atoms with Crippen molar-refractivity contribution in [2.45, 2.75) is 6.42 Å². The number of carbonyl (C=O) groups excluding carboxylic acids is 1. The summed E-state index contributed by atoms with van der Waals surface area (Å²) in [7, 11) is 0. The molecule has 1 saturated carbocycles. The summed E-state index contributed by atoms with van der Waals surface area (Å²) in [4.78, 5) is 24.2. The molecule has 120 valence electrons. The van der Waals surface area contributed by atoms with Gasteiger partial charge < -0.3 is 19.9 Å². The Labute approximate surface area is 133 Å². The van der Waals surface area contributed by atoms with Gasteiger partial charge in [-0.1, -0.05) is 18.2 Å². The molecule has 2 aliphatic carbocycles. The van der Waals surface area contributed by atoms with Gasteiger partial charge in [0.15, 0.2) is 11.5 Å². The topological polar surface area (TPSA) is 84.9 Å². The van der Waals surface area contributed by atoms with E-state index in [0.29, 0.717) is 30.4 Å². The molecule has 1 amide bonds. The zero-order valence-corrected chi connectivity index (χ0v) is 12.4. The molecule has 2 N–H and O–H groups in total. The fourth-order valence-electron chi connectivity index (χ4n) is 3.90. The predicted octanol–water partition coefficient (Wildman–Crippen LogP) is 1.92. The summed E-state index contributed by atoms with van der Waals surface area (Å²) in [6.45, 7) is 0.900. The second-order valence-electron chi connectivity index (χ2n) is 6.16. The first-order valence-electron chi connectivity index (χ1n) is 7.76. The van der Waals surface area contributed by atoms with Gasteiger partial charge in [0.25, 0.3) is 0 Å². The van der Waals surface area contributed by atoms with E-state index in [9.17, 15) is 14.7 Å². The van der Waals surface area contributed by atoms with Crippen molar-refractivity contribution in [2.24, 2.45) is 23.7 Å². The molecule has 0 radical (unpaired) electrons. The second-order valence-corrected chi connectivity index (χ2v) is 6.16. The third-order valence-electron chi connectivity index (χ3n) is 4.87. The zero-order chi connectivity index (χ0) is 16.0. The number of para-hydroxylation sites is 1. The molecule has 4 rings (SSSR count). The maximum absolute atomic E-state index is 12.7. The number of carboxylic acids is 1. The minimum atomic E-state index is -0.906. The van der Waals surface area contributed by atoms with Crippen molar-refractivity contribution in [1.29, 1.82) is 0 Å². The lowest BCUT2D eigenvalue weighted by Crippen LogP contribution is -2.36. The summed E-state index contributed by atoms with van der Waals surface area (Å²) in [5.41, 5.74) is 0.531. The molecule has 1 fully saturated rings. The van der Waals surface area contributed by atoms with Gasteiger partial charge in [-0.15, -0.1) is 0 Å². The van der Waals surface area contributed by atoms with E-state index in [1.54, 1.807) is 18.2 Å². The maximum Gasteiger partial charge on any atom is 0.307 e. The van der Waals surface area contributed by atoms with Crippen LogP contribution in [0.1, 0.15) is 6.42 Å². The predicted molar refractivity (Wildman–Crippen MR) is 81.4 cm³/mol. The van der Waals surface area contributed by atoms with E-state index in [1.165, 1.54) is 0 Å². The number of ether oxygens (including phenoxy) is 2. The highest BCUT2D eigenvalue weighted by Gasteiger charge is 2.51. The quantitative estimate of drug-likeness (QED) is 0.832. The number of nitrogens with one attached hydrogen (secondary N) is 1. The van der Waals surface area contributed by atoms with Crippen molar-refractivity contribution in [3.05, 3.63) is 30.4 Å². The molecular weight excluding hydrogens is 298 g/mol. The number of benzene rings is 1. The summed E-state index contributed by atoms with van der Waals surface area (Å²) in [6.07, 6.45) is 4.63. The normalized spacial score (nSPS) is 30.3. The highest BCUT2D eigenvalue weighted by atomic mass is 16.6. The highest BCUT2D eigenvalue weighted by Crippen LogP contribution is 2.49. The Bertz CT molecular complexity index is 698. The number of carboxylic acid groups (broad SMARTS) is 1. The first-order chi connectivity index (χ1) is 11.1. The first-order valence-corrected chi connectivity index (χ1v) is 7.76. The Hall–Kier alpha value is -2.50. The smallest absolute Gasteiger partial charge is 0.307 e. The van der Waals surface area contributed by atoms with Gasteiger partial charge in [0.05, 0.1) is 17.5 Å². The second kappa shape index (κ2) is 5.30. The molecule has 4 atom stereocenters. The van der Waals surface area contributed by atoms with Crippen LogP contribution >= 0.6 is 0 Å². The molecule has 1 aromatic rings. The van der Waals surface area contributed by atoms with Gasteiger partial charge in [0.2, 0.25) is 5.91 Å². The van der Waals surface area contributed by atoms with Gasteiger partial charge in [-0.05, 0) is 30.4 Å². The van der Waals surface area contributed by atoms with Gasteiger partial charge in [-0.25, -0.2) is 0 Å². The van der Waals surface area contributed by atoms with Gasteiger partial charge in [-0.3, -0.25) is 9.59 Å². The molecule has 1 aromatic carbocycles. The van der Waals surface area contributed by atoms with Crippen LogP contribution in [0.5, 0.6) is 11.5 Å². The Balaban J connectivity index is 1.59. The minimum absolute atomic E-state index is 0.00203. The van der Waals surface area contributed by atoms with E-state index < -0.39 is 17.8 Å². The Kier molecular flexibility index (Phi) is 3.25. The average Bonchev–Trinajstić information content (AvgIpc) is 3.16. The van der Waals surface area contributed by atoms with Crippen LogP contribution in [0.25, 0.3) is 0 Å². The lowest BCUT2D eigenvalue weighted by atomic mass is 9.82. The number of aliphatic carboxylic acids is 1. The molecule has 0 spiro atoms. The van der Waals surface area contributed by atoms with Crippen LogP contribution in [0.15, 0.2) is 30.4 Å². The first kappa shape index (κ1) is 14.1. The number of hydrogen-bond acceptors (Lipinski definition) is 4. The van der Waals surface area contributed by atoms with E-state index >= 15 is 0 Å². The fraction of sp³-hybridized carbons (Fsp3) is 0.412. The van der Waals surface area contributed by atoms with E-state index in [1.807, 2.05) is 12.2 Å². The van der Waals surface area contributed by atoms with Crippen LogP contribution in [0.2, 0.25) is 0 Å². The lowest BCUT2D eigenvalue weighted by Gasteiger charge is -2.25. The van der Waals surface area contributed by atoms with Gasteiger partial charge in [-0.2, -0.15) is 0 Å². The molecule has 1 aliphatic heterocycles. The number of carbonyl (C=O) groups is 2. The molecule has 1 heterocycles. The van der Waals surface area contributed by atoms with Crippen LogP contribution < -0.4 is 14.8 Å². The Morgan fingerprint density at radius 1 is 1.09 bits per heavy atom. The van der Waals surface area contributed by atoms with E-state index in [-0.39, 0.29) is 17.7 Å². The lowest BCUT2D eigenvalue weighted by molar-refractivity contribution is -0.146. The zero-order valence-electron chi connectivity index (χ0n) is 12.4. The molecule has 6 nitrogen and oxygen atoms in total. The van der Waals surface area contributed by atoms with Crippen LogP contribution in [-0.2, 0) is 9.59 Å². The molecule has 2 bridgehead atoms. The van der Waals surface area contributed by atoms with Gasteiger partial charge >= 0.3 is 5.97 Å². The van der Waals surface area contributed by atoms with Crippen molar-refractivity contribution >= 4 is 17.6 Å². The molecular formula is C17H17NO5. The largest absolute Gasteiger partial charge is 0.486 e. The van der Waals surface area contributed by atoms with Crippen molar-refractivity contribution in [3.8, 4) is 11.5 Å². The average molecular weight is 315 g/mol. The molecule has 0 aromatic heterocycles. The Morgan fingerprint density at radius 3 is 2.61 bits per heavy atom. The fourth-order valence-corrected chi connectivity index (χ4v) is 3.90. The van der Waals surface area contributed by atoms with Crippen molar-refractivity contribution in [1.82, 2.24) is 0 Å². The monoisotopic (exact) mass is 315 g/mol. The van der Waals surface area contributed by atoms with Crippen molar-refractivity contribution in [2.75, 3.05) is 18.5 Å². The standard InChI is InChI=1S/C17H17NO5/c19-16(13-9-4-5-10(8-9)14(13)17(20)21)18-11-2-1-3-12-15(11)23-7-6-22-12/h1-5,9-10,13-14H,6-8H2,(H,18,19)(H,20,21)/t9-,10-,13-,14+/m0/s1. The van der Waals surface area contributed by atoms with Crippen LogP contribution in [0, 0.1) is 23.7 Å².